The molecular formula is C15H28IN3O2. The van der Waals surface area contributed by atoms with Gasteiger partial charge in [0.1, 0.15) is 0 Å². The molecule has 0 aliphatic carbocycles. The van der Waals surface area contributed by atoms with E-state index in [1.807, 2.05) is 7.05 Å². The standard InChI is InChI=1S/C15H27N3O2.HI/c1-16-14(17-7-4-13-3-2-9-20-13)18-8-5-15(11-18)6-10-19-12-15;/h13H,2-12H2,1H3,(H,16,17);1H. The van der Waals surface area contributed by atoms with Gasteiger partial charge >= 0.3 is 0 Å². The Morgan fingerprint density at radius 2 is 2.29 bits per heavy atom. The first kappa shape index (κ1) is 17.3. The van der Waals surface area contributed by atoms with E-state index in [-0.39, 0.29) is 24.0 Å². The number of rotatable bonds is 3. The molecule has 0 aromatic rings. The number of ether oxygens (including phenoxy) is 2. The number of hydrogen-bond acceptors (Lipinski definition) is 3. The van der Waals surface area contributed by atoms with Gasteiger partial charge in [0.15, 0.2) is 5.96 Å². The summed E-state index contributed by atoms with van der Waals surface area (Å²) >= 11 is 0. The first-order valence-corrected chi connectivity index (χ1v) is 7.96. The number of likely N-dealkylation sites (tertiary alicyclic amines) is 1. The summed E-state index contributed by atoms with van der Waals surface area (Å²) < 4.78 is 11.2. The largest absolute Gasteiger partial charge is 0.381 e. The van der Waals surface area contributed by atoms with Crippen molar-refractivity contribution in [3.8, 4) is 0 Å². The van der Waals surface area contributed by atoms with Gasteiger partial charge in [0, 0.05) is 45.3 Å². The van der Waals surface area contributed by atoms with Crippen LogP contribution in [0.5, 0.6) is 0 Å². The molecule has 2 unspecified atom stereocenters. The zero-order valence-electron chi connectivity index (χ0n) is 13.0. The third-order valence-corrected chi connectivity index (χ3v) is 4.91. The molecule has 3 aliphatic rings. The number of aliphatic imine (C=N–C) groups is 1. The van der Waals surface area contributed by atoms with Crippen LogP contribution in [0.25, 0.3) is 0 Å². The summed E-state index contributed by atoms with van der Waals surface area (Å²) in [4.78, 5) is 6.83. The van der Waals surface area contributed by atoms with Gasteiger partial charge in [-0.3, -0.25) is 4.99 Å². The van der Waals surface area contributed by atoms with E-state index >= 15 is 0 Å². The van der Waals surface area contributed by atoms with E-state index in [1.54, 1.807) is 0 Å². The lowest BCUT2D eigenvalue weighted by atomic mass is 9.87. The van der Waals surface area contributed by atoms with Crippen LogP contribution < -0.4 is 5.32 Å². The van der Waals surface area contributed by atoms with Crippen molar-refractivity contribution in [3.05, 3.63) is 0 Å². The number of guanidine groups is 1. The highest BCUT2D eigenvalue weighted by Gasteiger charge is 2.42. The highest BCUT2D eigenvalue weighted by atomic mass is 127. The zero-order valence-corrected chi connectivity index (χ0v) is 15.3. The summed E-state index contributed by atoms with van der Waals surface area (Å²) in [6, 6.07) is 0. The third-order valence-electron chi connectivity index (χ3n) is 4.91. The van der Waals surface area contributed by atoms with E-state index in [0.29, 0.717) is 11.5 Å². The van der Waals surface area contributed by atoms with Gasteiger partial charge in [0.25, 0.3) is 0 Å². The molecule has 0 aromatic carbocycles. The first-order chi connectivity index (χ1) is 9.81. The molecule has 3 rings (SSSR count). The SMILES string of the molecule is CN=C(NCCC1CCCO1)N1CCC2(CCOC2)C1.I. The zero-order chi connectivity index (χ0) is 13.8. The van der Waals surface area contributed by atoms with Crippen molar-refractivity contribution >= 4 is 29.9 Å². The van der Waals surface area contributed by atoms with Crippen LogP contribution in [0.15, 0.2) is 4.99 Å². The second-order valence-electron chi connectivity index (χ2n) is 6.37. The maximum absolute atomic E-state index is 5.66. The molecule has 0 radical (unpaired) electrons. The molecule has 122 valence electrons. The van der Waals surface area contributed by atoms with E-state index in [4.69, 9.17) is 9.47 Å². The maximum atomic E-state index is 5.66. The predicted octanol–water partition coefficient (Wildman–Crippen LogP) is 1.86. The summed E-state index contributed by atoms with van der Waals surface area (Å²) in [6.07, 6.45) is 6.41. The molecule has 0 aromatic heterocycles. The quantitative estimate of drug-likeness (QED) is 0.439. The van der Waals surface area contributed by atoms with Crippen LogP contribution in [0.3, 0.4) is 0 Å². The Morgan fingerprint density at radius 1 is 1.38 bits per heavy atom. The average molecular weight is 409 g/mol. The van der Waals surface area contributed by atoms with Gasteiger partial charge in [-0.1, -0.05) is 0 Å². The molecule has 0 bridgehead atoms. The highest BCUT2D eigenvalue weighted by Crippen LogP contribution is 2.38. The van der Waals surface area contributed by atoms with Crippen LogP contribution in [0.2, 0.25) is 0 Å². The summed E-state index contributed by atoms with van der Waals surface area (Å²) in [6.45, 7) is 5.94. The Labute approximate surface area is 144 Å². The number of hydrogen-bond donors (Lipinski definition) is 1. The number of nitrogens with one attached hydrogen (secondary N) is 1. The molecule has 3 saturated heterocycles. The second-order valence-corrected chi connectivity index (χ2v) is 6.37. The van der Waals surface area contributed by atoms with Gasteiger partial charge in [0.2, 0.25) is 0 Å². The fraction of sp³-hybridized carbons (Fsp3) is 0.933. The van der Waals surface area contributed by atoms with Crippen LogP contribution in [0.4, 0.5) is 0 Å². The van der Waals surface area contributed by atoms with E-state index in [1.165, 1.54) is 25.7 Å². The second kappa shape index (κ2) is 7.97. The fourth-order valence-electron chi connectivity index (χ4n) is 3.64. The highest BCUT2D eigenvalue weighted by molar-refractivity contribution is 14.0. The van der Waals surface area contributed by atoms with Crippen molar-refractivity contribution in [2.24, 2.45) is 10.4 Å². The molecule has 3 fully saturated rings. The van der Waals surface area contributed by atoms with Crippen molar-refractivity contribution < 1.29 is 9.47 Å². The maximum Gasteiger partial charge on any atom is 0.193 e. The van der Waals surface area contributed by atoms with Crippen molar-refractivity contribution in [1.29, 1.82) is 0 Å². The Hall–Kier alpha value is -0.0800. The number of halogens is 1. The molecule has 2 atom stereocenters. The van der Waals surface area contributed by atoms with Crippen LogP contribution in [-0.4, -0.2) is 63.5 Å². The lowest BCUT2D eigenvalue weighted by Gasteiger charge is -2.25. The van der Waals surface area contributed by atoms with E-state index in [0.717, 1.165) is 51.8 Å². The van der Waals surface area contributed by atoms with Crippen molar-refractivity contribution in [2.75, 3.05) is 46.5 Å². The van der Waals surface area contributed by atoms with Crippen molar-refractivity contribution in [1.82, 2.24) is 10.2 Å². The predicted molar refractivity (Wildman–Crippen MR) is 94.4 cm³/mol. The molecule has 3 heterocycles. The van der Waals surface area contributed by atoms with Gasteiger partial charge in [-0.15, -0.1) is 24.0 Å². The molecule has 0 amide bonds. The monoisotopic (exact) mass is 409 g/mol. The van der Waals surface area contributed by atoms with Crippen molar-refractivity contribution in [3.63, 3.8) is 0 Å². The van der Waals surface area contributed by atoms with E-state index < -0.39 is 0 Å². The normalized spacial score (nSPS) is 32.7. The van der Waals surface area contributed by atoms with Gasteiger partial charge in [-0.05, 0) is 32.1 Å². The molecule has 3 aliphatic heterocycles. The van der Waals surface area contributed by atoms with E-state index in [9.17, 15) is 0 Å². The van der Waals surface area contributed by atoms with Crippen LogP contribution in [-0.2, 0) is 9.47 Å². The minimum absolute atomic E-state index is 0. The molecular weight excluding hydrogens is 381 g/mol. The van der Waals surface area contributed by atoms with Crippen LogP contribution in [0.1, 0.15) is 32.1 Å². The topological polar surface area (TPSA) is 46.1 Å². The Morgan fingerprint density at radius 3 is 2.95 bits per heavy atom. The summed E-state index contributed by atoms with van der Waals surface area (Å²) in [5.74, 6) is 1.05. The molecule has 21 heavy (non-hydrogen) atoms. The van der Waals surface area contributed by atoms with Gasteiger partial charge in [0.05, 0.1) is 12.7 Å². The Balaban J connectivity index is 0.00000161. The lowest BCUT2D eigenvalue weighted by Crippen LogP contribution is -2.42. The summed E-state index contributed by atoms with van der Waals surface area (Å²) in [5, 5.41) is 3.50. The summed E-state index contributed by atoms with van der Waals surface area (Å²) in [7, 11) is 1.88. The fourth-order valence-corrected chi connectivity index (χ4v) is 3.64. The van der Waals surface area contributed by atoms with Gasteiger partial charge in [-0.2, -0.15) is 0 Å². The Kier molecular flexibility index (Phi) is 6.55. The molecule has 1 N–H and O–H groups in total. The Bertz CT molecular complexity index is 353. The minimum atomic E-state index is 0. The third kappa shape index (κ3) is 4.22. The smallest absolute Gasteiger partial charge is 0.193 e. The molecule has 1 spiro atoms. The van der Waals surface area contributed by atoms with E-state index in [2.05, 4.69) is 15.2 Å². The summed E-state index contributed by atoms with van der Waals surface area (Å²) in [5.41, 5.74) is 0.395. The number of nitrogens with zero attached hydrogens (tertiary/aromatic N) is 2. The van der Waals surface area contributed by atoms with Gasteiger partial charge < -0.3 is 19.7 Å². The molecule has 5 nitrogen and oxygen atoms in total. The molecule has 6 heteroatoms. The molecule has 0 saturated carbocycles. The lowest BCUT2D eigenvalue weighted by molar-refractivity contribution is 0.105. The first-order valence-electron chi connectivity index (χ1n) is 7.96. The average Bonchev–Trinajstić information content (AvgIpc) is 3.19. The minimum Gasteiger partial charge on any atom is -0.381 e. The van der Waals surface area contributed by atoms with Crippen LogP contribution in [0, 0.1) is 5.41 Å². The van der Waals surface area contributed by atoms with Crippen LogP contribution >= 0.6 is 24.0 Å². The van der Waals surface area contributed by atoms with Crippen molar-refractivity contribution in [2.45, 2.75) is 38.2 Å². The van der Waals surface area contributed by atoms with Gasteiger partial charge in [-0.25, -0.2) is 0 Å².